The van der Waals surface area contributed by atoms with Crippen LogP contribution in [0.1, 0.15) is 40.0 Å². The average Bonchev–Trinajstić information content (AvgIpc) is 2.15. The molecule has 0 bridgehead atoms. The number of rotatable bonds is 8. The van der Waals surface area contributed by atoms with Crippen molar-refractivity contribution in [3.8, 4) is 0 Å². The molecule has 0 saturated carbocycles. The van der Waals surface area contributed by atoms with Crippen LogP contribution in [0.2, 0.25) is 0 Å². The molecule has 2 heteroatoms. The van der Waals surface area contributed by atoms with Gasteiger partial charge in [0, 0.05) is 0 Å². The summed E-state index contributed by atoms with van der Waals surface area (Å²) in [4.78, 5) is 1.67. The van der Waals surface area contributed by atoms with E-state index in [4.69, 9.17) is 0 Å². The summed E-state index contributed by atoms with van der Waals surface area (Å²) in [5.41, 5.74) is 1.27. The number of quaternary nitrogens is 1. The molecule has 0 fully saturated rings. The minimum atomic E-state index is 0. The highest BCUT2D eigenvalue weighted by molar-refractivity contribution is 5.13. The topological polar surface area (TPSA) is 34.4 Å². The molecule has 0 unspecified atom stereocenters. The largest absolute Gasteiger partial charge is 0.870 e. The molecule has 0 rings (SSSR count). The summed E-state index contributed by atoms with van der Waals surface area (Å²) in [7, 11) is 0. The van der Waals surface area contributed by atoms with Gasteiger partial charge in [0.15, 0.2) is 0 Å². The molecular weight excluding hydrogens is 186 g/mol. The average molecular weight is 213 g/mol. The Labute approximate surface area is 95.0 Å². The van der Waals surface area contributed by atoms with Crippen molar-refractivity contribution in [2.75, 3.05) is 19.6 Å². The molecule has 0 aromatic rings. The van der Waals surface area contributed by atoms with E-state index in [0.29, 0.717) is 0 Å². The van der Waals surface area contributed by atoms with Crippen molar-refractivity contribution in [2.45, 2.75) is 40.0 Å². The highest BCUT2D eigenvalue weighted by Gasteiger charge is 2.05. The highest BCUT2D eigenvalue weighted by Crippen LogP contribution is 1.90. The molecule has 0 aliphatic rings. The van der Waals surface area contributed by atoms with Crippen LogP contribution in [0, 0.1) is 0 Å². The fourth-order valence-corrected chi connectivity index (χ4v) is 1.67. The van der Waals surface area contributed by atoms with E-state index in [1.54, 1.807) is 4.90 Å². The van der Waals surface area contributed by atoms with Crippen LogP contribution in [0.5, 0.6) is 0 Å². The van der Waals surface area contributed by atoms with Crippen LogP contribution in [-0.2, 0) is 0 Å². The zero-order valence-electron chi connectivity index (χ0n) is 10.6. The van der Waals surface area contributed by atoms with Gasteiger partial charge in [0.05, 0.1) is 13.1 Å². The number of allylic oxidation sites excluding steroid dienone is 1. The van der Waals surface area contributed by atoms with Crippen molar-refractivity contribution in [1.29, 1.82) is 0 Å². The molecule has 90 valence electrons. The van der Waals surface area contributed by atoms with Crippen LogP contribution >= 0.6 is 0 Å². The lowest BCUT2D eigenvalue weighted by atomic mass is 10.2. The lowest BCUT2D eigenvalue weighted by molar-refractivity contribution is -0.895. The third-order valence-corrected chi connectivity index (χ3v) is 2.27. The van der Waals surface area contributed by atoms with Gasteiger partial charge in [-0.05, 0) is 24.8 Å². The third kappa shape index (κ3) is 9.70. The predicted octanol–water partition coefficient (Wildman–Crippen LogP) is 2.04. The second-order valence-electron chi connectivity index (χ2n) is 3.90. The van der Waals surface area contributed by atoms with Crippen molar-refractivity contribution in [3.05, 3.63) is 24.3 Å². The highest BCUT2D eigenvalue weighted by atomic mass is 16.0. The first-order valence-corrected chi connectivity index (χ1v) is 5.92. The van der Waals surface area contributed by atoms with Crippen LogP contribution in [0.4, 0.5) is 0 Å². The van der Waals surface area contributed by atoms with Gasteiger partial charge in [-0.3, -0.25) is 0 Å². The van der Waals surface area contributed by atoms with Gasteiger partial charge in [0.25, 0.3) is 0 Å². The number of hydrogen-bond acceptors (Lipinski definition) is 1. The standard InChI is InChI=1S/C13H25N.H2O/c1-5-8-9-13(4)12-14(10-6-2)11-7-3;/h8-9H,4-7,10-12H2,1-3H3;1H2. The molecule has 0 aliphatic carbocycles. The summed E-state index contributed by atoms with van der Waals surface area (Å²) in [6.07, 6.45) is 8.00. The molecule has 0 aliphatic heterocycles. The zero-order valence-corrected chi connectivity index (χ0v) is 10.6. The van der Waals surface area contributed by atoms with Gasteiger partial charge in [0.1, 0.15) is 6.54 Å². The van der Waals surface area contributed by atoms with E-state index >= 15 is 0 Å². The van der Waals surface area contributed by atoms with Crippen LogP contribution < -0.4 is 4.90 Å². The molecule has 0 saturated heterocycles. The smallest absolute Gasteiger partial charge is 0.102 e. The lowest BCUT2D eigenvalue weighted by Crippen LogP contribution is -3.12. The van der Waals surface area contributed by atoms with Crippen LogP contribution in [0.25, 0.3) is 0 Å². The van der Waals surface area contributed by atoms with E-state index in [2.05, 4.69) is 39.5 Å². The van der Waals surface area contributed by atoms with Crippen LogP contribution in [0.15, 0.2) is 24.3 Å². The second-order valence-corrected chi connectivity index (χ2v) is 3.90. The first-order chi connectivity index (χ1) is 6.74. The Bertz CT molecular complexity index is 169. The van der Waals surface area contributed by atoms with E-state index in [1.807, 2.05) is 0 Å². The van der Waals surface area contributed by atoms with E-state index in [0.717, 1.165) is 13.0 Å². The van der Waals surface area contributed by atoms with Crippen molar-refractivity contribution in [1.82, 2.24) is 0 Å². The first kappa shape index (κ1) is 16.8. The van der Waals surface area contributed by atoms with Crippen molar-refractivity contribution < 1.29 is 10.4 Å². The summed E-state index contributed by atoms with van der Waals surface area (Å²) in [5.74, 6) is 0. The van der Waals surface area contributed by atoms with Gasteiger partial charge < -0.3 is 10.4 Å². The molecule has 0 aromatic heterocycles. The first-order valence-electron chi connectivity index (χ1n) is 5.92. The van der Waals surface area contributed by atoms with Gasteiger partial charge >= 0.3 is 0 Å². The molecule has 0 amide bonds. The molecule has 0 spiro atoms. The fourth-order valence-electron chi connectivity index (χ4n) is 1.67. The van der Waals surface area contributed by atoms with Crippen LogP contribution in [-0.4, -0.2) is 25.1 Å². The maximum atomic E-state index is 4.09. The minimum Gasteiger partial charge on any atom is -0.870 e. The molecule has 2 N–H and O–H groups in total. The van der Waals surface area contributed by atoms with E-state index in [-0.39, 0.29) is 5.48 Å². The Kier molecular flexibility index (Phi) is 12.9. The van der Waals surface area contributed by atoms with Gasteiger partial charge in [-0.2, -0.15) is 0 Å². The van der Waals surface area contributed by atoms with Crippen LogP contribution in [0.3, 0.4) is 0 Å². The summed E-state index contributed by atoms with van der Waals surface area (Å²) in [6, 6.07) is 0. The molecule has 0 radical (unpaired) electrons. The van der Waals surface area contributed by atoms with E-state index in [1.165, 1.54) is 31.5 Å². The molecule has 0 heterocycles. The van der Waals surface area contributed by atoms with Crippen molar-refractivity contribution in [2.24, 2.45) is 0 Å². The molecule has 2 nitrogen and oxygen atoms in total. The maximum absolute atomic E-state index is 4.09. The predicted molar refractivity (Wildman–Crippen MR) is 66.7 cm³/mol. The lowest BCUT2D eigenvalue weighted by Gasteiger charge is -2.18. The Hall–Kier alpha value is -0.600. The normalized spacial score (nSPS) is 10.7. The fraction of sp³-hybridized carbons (Fsp3) is 0.692. The molecular formula is C13H27NO. The van der Waals surface area contributed by atoms with E-state index in [9.17, 15) is 0 Å². The van der Waals surface area contributed by atoms with Crippen molar-refractivity contribution >= 4 is 0 Å². The molecule has 15 heavy (non-hydrogen) atoms. The summed E-state index contributed by atoms with van der Waals surface area (Å²) < 4.78 is 0. The summed E-state index contributed by atoms with van der Waals surface area (Å²) >= 11 is 0. The maximum Gasteiger partial charge on any atom is 0.102 e. The Morgan fingerprint density at radius 2 is 1.67 bits per heavy atom. The Morgan fingerprint density at radius 1 is 1.13 bits per heavy atom. The number of hydrogen-bond donors (Lipinski definition) is 1. The molecule has 0 aromatic carbocycles. The monoisotopic (exact) mass is 213 g/mol. The van der Waals surface area contributed by atoms with Gasteiger partial charge in [-0.1, -0.05) is 39.5 Å². The summed E-state index contributed by atoms with van der Waals surface area (Å²) in [6.45, 7) is 14.4. The Morgan fingerprint density at radius 3 is 2.07 bits per heavy atom. The van der Waals surface area contributed by atoms with Gasteiger partial charge in [-0.15, -0.1) is 0 Å². The third-order valence-electron chi connectivity index (χ3n) is 2.27. The quantitative estimate of drug-likeness (QED) is 0.615. The number of nitrogens with one attached hydrogen (secondary N) is 1. The van der Waals surface area contributed by atoms with Gasteiger partial charge in [0.2, 0.25) is 0 Å². The summed E-state index contributed by atoms with van der Waals surface area (Å²) in [5, 5.41) is 0. The SMILES string of the molecule is C=C(C=CCC)C[NH+](CCC)CCC.[OH-]. The second kappa shape index (κ2) is 11.5. The minimum absolute atomic E-state index is 0. The van der Waals surface area contributed by atoms with Gasteiger partial charge in [-0.25, -0.2) is 0 Å². The zero-order chi connectivity index (χ0) is 10.8. The van der Waals surface area contributed by atoms with Crippen molar-refractivity contribution in [3.63, 3.8) is 0 Å². The Balaban J connectivity index is 0. The van der Waals surface area contributed by atoms with E-state index < -0.39 is 0 Å². The molecule has 0 atom stereocenters.